The van der Waals surface area contributed by atoms with Crippen molar-refractivity contribution in [1.82, 2.24) is 14.8 Å². The van der Waals surface area contributed by atoms with Gasteiger partial charge < -0.3 is 4.42 Å². The molecule has 0 radical (unpaired) electrons. The molecule has 0 bridgehead atoms. The predicted molar refractivity (Wildman–Crippen MR) is 127 cm³/mol. The number of thiophene rings is 1. The molecule has 0 spiro atoms. The fraction of sp³-hybridized carbons (Fsp3) is 0.167. The van der Waals surface area contributed by atoms with Gasteiger partial charge >= 0.3 is 0 Å². The van der Waals surface area contributed by atoms with E-state index < -0.39 is 6.04 Å². The smallest absolute Gasteiger partial charge is 0.267 e. The number of furan rings is 1. The first-order valence-corrected chi connectivity index (χ1v) is 11.5. The normalized spacial score (nSPS) is 15.6. The van der Waals surface area contributed by atoms with E-state index in [9.17, 15) is 9.59 Å². The second-order valence-electron chi connectivity index (χ2n) is 7.65. The van der Waals surface area contributed by atoms with Crippen molar-refractivity contribution in [3.63, 3.8) is 0 Å². The molecule has 0 fully saturated rings. The van der Waals surface area contributed by atoms with Crippen molar-refractivity contribution in [2.75, 3.05) is 0 Å². The summed E-state index contributed by atoms with van der Waals surface area (Å²) in [5.74, 6) is 0.272. The van der Waals surface area contributed by atoms with Gasteiger partial charge in [0.25, 0.3) is 11.5 Å². The minimum Gasteiger partial charge on any atom is -0.467 e. The lowest BCUT2D eigenvalue weighted by atomic mass is 10.0. The number of rotatable bonds is 5. The summed E-state index contributed by atoms with van der Waals surface area (Å²) in [5, 5.41) is 11.0. The van der Waals surface area contributed by atoms with Gasteiger partial charge in [-0.1, -0.05) is 23.7 Å². The van der Waals surface area contributed by atoms with E-state index in [0.717, 1.165) is 21.0 Å². The van der Waals surface area contributed by atoms with E-state index in [1.807, 2.05) is 37.3 Å². The van der Waals surface area contributed by atoms with Crippen molar-refractivity contribution in [2.45, 2.75) is 25.9 Å². The van der Waals surface area contributed by atoms with Gasteiger partial charge in [-0.15, -0.1) is 11.3 Å². The van der Waals surface area contributed by atoms with Crippen LogP contribution in [-0.2, 0) is 11.3 Å². The lowest BCUT2D eigenvalue weighted by Crippen LogP contribution is -2.34. The van der Waals surface area contributed by atoms with Gasteiger partial charge in [0.2, 0.25) is 0 Å². The monoisotopic (exact) mass is 478 g/mol. The van der Waals surface area contributed by atoms with Crippen LogP contribution >= 0.6 is 22.9 Å². The zero-order valence-corrected chi connectivity index (χ0v) is 19.2. The molecular weight excluding hydrogens is 460 g/mol. The highest BCUT2D eigenvalue weighted by Gasteiger charge is 2.35. The molecule has 1 atom stereocenters. The first-order valence-electron chi connectivity index (χ1n) is 10.3. The van der Waals surface area contributed by atoms with Crippen LogP contribution in [0.4, 0.5) is 0 Å². The van der Waals surface area contributed by atoms with Gasteiger partial charge in [0.1, 0.15) is 24.0 Å². The highest BCUT2D eigenvalue weighted by Crippen LogP contribution is 2.33. The maximum absolute atomic E-state index is 13.3. The molecule has 166 valence electrons. The summed E-state index contributed by atoms with van der Waals surface area (Å²) in [6.45, 7) is 1.78. The number of aromatic nitrogens is 2. The molecule has 1 amide bonds. The van der Waals surface area contributed by atoms with Gasteiger partial charge in [-0.05, 0) is 55.0 Å². The predicted octanol–water partition coefficient (Wildman–Crippen LogP) is 4.90. The Morgan fingerprint density at radius 2 is 1.97 bits per heavy atom. The SMILES string of the molecule is Cc1ccc(-c2ccc(=O)n(CC(=O)N3N=C(c4ccc(Cl)cc4)CC3c3ccco3)n2)s1. The van der Waals surface area contributed by atoms with Crippen molar-refractivity contribution in [3.05, 3.63) is 98.5 Å². The van der Waals surface area contributed by atoms with Crippen molar-refractivity contribution < 1.29 is 9.21 Å². The maximum atomic E-state index is 13.3. The van der Waals surface area contributed by atoms with Crippen LogP contribution in [0.1, 0.15) is 28.7 Å². The molecule has 1 aliphatic heterocycles. The molecule has 1 aliphatic rings. The number of carbonyl (C=O) groups excluding carboxylic acids is 1. The molecule has 7 nitrogen and oxygen atoms in total. The standard InChI is InChI=1S/C24H19ClN4O3S/c1-15-4-10-22(33-15)18-9-11-23(30)28(26-18)14-24(31)29-20(21-3-2-12-32-21)13-19(27-29)16-5-7-17(25)8-6-16/h2-12,20H,13-14H2,1H3. The van der Waals surface area contributed by atoms with Crippen LogP contribution in [0.2, 0.25) is 5.02 Å². The van der Waals surface area contributed by atoms with E-state index in [1.165, 1.54) is 15.8 Å². The third kappa shape index (κ3) is 4.40. The Labute approximate surface area is 198 Å². The average Bonchev–Trinajstić information content (AvgIpc) is 3.56. The van der Waals surface area contributed by atoms with E-state index in [4.69, 9.17) is 16.0 Å². The lowest BCUT2D eigenvalue weighted by Gasteiger charge is -2.20. The van der Waals surface area contributed by atoms with Gasteiger partial charge in [0.05, 0.1) is 16.9 Å². The Kier molecular flexibility index (Phi) is 5.70. The van der Waals surface area contributed by atoms with Gasteiger partial charge in [0, 0.05) is 22.4 Å². The van der Waals surface area contributed by atoms with E-state index >= 15 is 0 Å². The third-order valence-electron chi connectivity index (χ3n) is 5.36. The number of hydrogen-bond donors (Lipinski definition) is 0. The topological polar surface area (TPSA) is 80.7 Å². The van der Waals surface area contributed by atoms with Gasteiger partial charge in [0.15, 0.2) is 0 Å². The van der Waals surface area contributed by atoms with Crippen molar-refractivity contribution >= 4 is 34.6 Å². The minimum atomic E-state index is -0.406. The molecule has 3 aromatic heterocycles. The number of nitrogens with zero attached hydrogens (tertiary/aromatic N) is 4. The summed E-state index contributed by atoms with van der Waals surface area (Å²) >= 11 is 7.59. The highest BCUT2D eigenvalue weighted by molar-refractivity contribution is 7.15. The zero-order valence-electron chi connectivity index (χ0n) is 17.6. The molecule has 4 heterocycles. The van der Waals surface area contributed by atoms with Gasteiger partial charge in [-0.25, -0.2) is 9.69 Å². The molecule has 0 N–H and O–H groups in total. The summed E-state index contributed by atoms with van der Waals surface area (Å²) < 4.78 is 6.77. The number of hydrazone groups is 1. The molecule has 0 saturated carbocycles. The van der Waals surface area contributed by atoms with E-state index in [-0.39, 0.29) is 18.0 Å². The Morgan fingerprint density at radius 1 is 1.15 bits per heavy atom. The Morgan fingerprint density at radius 3 is 2.67 bits per heavy atom. The third-order valence-corrected chi connectivity index (χ3v) is 6.63. The Hall–Kier alpha value is -3.49. The zero-order chi connectivity index (χ0) is 22.9. The van der Waals surface area contributed by atoms with Crippen molar-refractivity contribution in [3.8, 4) is 10.6 Å². The maximum Gasteiger partial charge on any atom is 0.267 e. The number of aryl methyl sites for hydroxylation is 1. The number of carbonyl (C=O) groups is 1. The van der Waals surface area contributed by atoms with Crippen LogP contribution in [0.3, 0.4) is 0 Å². The summed E-state index contributed by atoms with van der Waals surface area (Å²) in [7, 11) is 0. The molecule has 0 saturated heterocycles. The molecule has 33 heavy (non-hydrogen) atoms. The largest absolute Gasteiger partial charge is 0.467 e. The first-order chi connectivity index (χ1) is 16.0. The number of amides is 1. The van der Waals surface area contributed by atoms with Crippen LogP contribution in [0, 0.1) is 6.92 Å². The summed E-state index contributed by atoms with van der Waals surface area (Å²) in [5.41, 5.74) is 1.91. The van der Waals surface area contributed by atoms with Crippen LogP contribution in [0.25, 0.3) is 10.6 Å². The van der Waals surface area contributed by atoms with Crippen molar-refractivity contribution in [2.24, 2.45) is 5.10 Å². The summed E-state index contributed by atoms with van der Waals surface area (Å²) in [6, 6.07) is 17.5. The Bertz CT molecular complexity index is 1390. The molecule has 1 aromatic carbocycles. The fourth-order valence-corrected chi connectivity index (χ4v) is 4.68. The summed E-state index contributed by atoms with van der Waals surface area (Å²) in [4.78, 5) is 27.8. The van der Waals surface area contributed by atoms with Crippen LogP contribution in [0.5, 0.6) is 0 Å². The Balaban J connectivity index is 1.45. The quantitative estimate of drug-likeness (QED) is 0.408. The molecule has 4 aromatic rings. The highest BCUT2D eigenvalue weighted by atomic mass is 35.5. The van der Waals surface area contributed by atoms with Crippen LogP contribution < -0.4 is 5.56 Å². The van der Waals surface area contributed by atoms with E-state index in [2.05, 4.69) is 10.2 Å². The van der Waals surface area contributed by atoms with Gasteiger partial charge in [-0.2, -0.15) is 10.2 Å². The minimum absolute atomic E-state index is 0.231. The first kappa shape index (κ1) is 21.4. The van der Waals surface area contributed by atoms with Crippen LogP contribution in [-0.4, -0.2) is 26.4 Å². The van der Waals surface area contributed by atoms with Crippen LogP contribution in [0.15, 0.2) is 81.2 Å². The molecule has 9 heteroatoms. The molecular formula is C24H19ClN4O3S. The second kappa shape index (κ2) is 8.80. The number of benzene rings is 1. The average molecular weight is 479 g/mol. The fourth-order valence-electron chi connectivity index (χ4n) is 3.73. The second-order valence-corrected chi connectivity index (χ2v) is 9.38. The molecule has 5 rings (SSSR count). The number of hydrogen-bond acceptors (Lipinski definition) is 6. The van der Waals surface area contributed by atoms with Crippen molar-refractivity contribution in [1.29, 1.82) is 0 Å². The molecule has 0 aliphatic carbocycles. The lowest BCUT2D eigenvalue weighted by molar-refractivity contribution is -0.134. The number of halogens is 1. The van der Waals surface area contributed by atoms with E-state index in [1.54, 1.807) is 41.9 Å². The van der Waals surface area contributed by atoms with Gasteiger partial charge in [-0.3, -0.25) is 9.59 Å². The van der Waals surface area contributed by atoms with E-state index in [0.29, 0.717) is 22.9 Å². The molecule has 1 unspecified atom stereocenters. The summed E-state index contributed by atoms with van der Waals surface area (Å²) in [6.07, 6.45) is 2.05.